The van der Waals surface area contributed by atoms with Gasteiger partial charge in [0.05, 0.1) is 0 Å². The van der Waals surface area contributed by atoms with E-state index in [2.05, 4.69) is 4.98 Å². The van der Waals surface area contributed by atoms with Gasteiger partial charge in [0.1, 0.15) is 22.7 Å². The Morgan fingerprint density at radius 1 is 1.38 bits per heavy atom. The van der Waals surface area contributed by atoms with E-state index in [1.165, 1.54) is 17.4 Å². The van der Waals surface area contributed by atoms with Crippen molar-refractivity contribution in [2.24, 2.45) is 0 Å². The van der Waals surface area contributed by atoms with Crippen LogP contribution in [-0.4, -0.2) is 10.1 Å². The van der Waals surface area contributed by atoms with E-state index in [-0.39, 0.29) is 5.56 Å². The molecule has 0 spiro atoms. The number of rotatable bonds is 2. The quantitative estimate of drug-likeness (QED) is 0.877. The molecule has 16 heavy (non-hydrogen) atoms. The summed E-state index contributed by atoms with van der Waals surface area (Å²) in [4.78, 5) is 4.06. The highest BCUT2D eigenvalue weighted by molar-refractivity contribution is 7.09. The number of nitrogens with zero attached hydrogens (tertiary/aromatic N) is 1. The second-order valence-corrected chi connectivity index (χ2v) is 4.29. The van der Waals surface area contributed by atoms with Gasteiger partial charge in [-0.05, 0) is 13.0 Å². The van der Waals surface area contributed by atoms with Gasteiger partial charge in [0.2, 0.25) is 0 Å². The second kappa shape index (κ2) is 4.27. The Morgan fingerprint density at radius 3 is 2.69 bits per heavy atom. The summed E-state index contributed by atoms with van der Waals surface area (Å²) in [6.45, 7) is 1.79. The molecule has 1 unspecified atom stereocenters. The molecule has 5 heteroatoms. The van der Waals surface area contributed by atoms with Crippen molar-refractivity contribution in [3.05, 3.63) is 51.5 Å². The third-order valence-corrected chi connectivity index (χ3v) is 3.14. The minimum atomic E-state index is -1.14. The van der Waals surface area contributed by atoms with Gasteiger partial charge in [-0.2, -0.15) is 0 Å². The van der Waals surface area contributed by atoms with Crippen molar-refractivity contribution in [2.45, 2.75) is 13.0 Å². The fourth-order valence-electron chi connectivity index (χ4n) is 1.35. The fourth-order valence-corrected chi connectivity index (χ4v) is 2.15. The molecule has 0 bridgehead atoms. The summed E-state index contributed by atoms with van der Waals surface area (Å²) in [5.74, 6) is -1.43. The number of hydrogen-bond donors (Lipinski definition) is 1. The molecule has 2 aromatic rings. The van der Waals surface area contributed by atoms with E-state index in [0.717, 1.165) is 17.8 Å². The van der Waals surface area contributed by atoms with Gasteiger partial charge >= 0.3 is 0 Å². The molecule has 2 nitrogen and oxygen atoms in total. The summed E-state index contributed by atoms with van der Waals surface area (Å²) in [5.41, 5.74) is 0.803. The standard InChI is InChI=1S/C11H9F2NOS/c1-6-5-16-11(14-6)10(15)8-3-2-7(12)4-9(8)13/h2-5,10,15H,1H3. The second-order valence-electron chi connectivity index (χ2n) is 3.40. The predicted octanol–water partition coefficient (Wildman–Crippen LogP) is 2.81. The molecule has 0 aliphatic rings. The Morgan fingerprint density at radius 2 is 2.12 bits per heavy atom. The Hall–Kier alpha value is -1.33. The van der Waals surface area contributed by atoms with Crippen molar-refractivity contribution in [1.82, 2.24) is 4.98 Å². The van der Waals surface area contributed by atoms with Crippen LogP contribution in [0.25, 0.3) is 0 Å². The van der Waals surface area contributed by atoms with Gasteiger partial charge in [-0.15, -0.1) is 11.3 Å². The van der Waals surface area contributed by atoms with Crippen molar-refractivity contribution < 1.29 is 13.9 Å². The van der Waals surface area contributed by atoms with E-state index in [9.17, 15) is 13.9 Å². The SMILES string of the molecule is Cc1csc(C(O)c2ccc(F)cc2F)n1. The molecule has 0 saturated heterocycles. The van der Waals surface area contributed by atoms with Crippen LogP contribution in [0, 0.1) is 18.6 Å². The number of aromatic nitrogens is 1. The van der Waals surface area contributed by atoms with Crippen LogP contribution in [-0.2, 0) is 0 Å². The number of thiazole rings is 1. The van der Waals surface area contributed by atoms with Crippen LogP contribution in [0.15, 0.2) is 23.6 Å². The third kappa shape index (κ3) is 2.10. The summed E-state index contributed by atoms with van der Waals surface area (Å²) in [5, 5.41) is 12.0. The lowest BCUT2D eigenvalue weighted by Crippen LogP contribution is -2.02. The lowest BCUT2D eigenvalue weighted by atomic mass is 10.1. The zero-order valence-electron chi connectivity index (χ0n) is 8.45. The van der Waals surface area contributed by atoms with Crippen molar-refractivity contribution in [3.63, 3.8) is 0 Å². The molecule has 1 N–H and O–H groups in total. The molecule has 0 aliphatic heterocycles. The maximum absolute atomic E-state index is 13.4. The molecular formula is C11H9F2NOS. The third-order valence-electron chi connectivity index (χ3n) is 2.13. The van der Waals surface area contributed by atoms with E-state index in [0.29, 0.717) is 5.01 Å². The molecule has 1 aromatic heterocycles. The average Bonchev–Trinajstić information content (AvgIpc) is 2.64. The van der Waals surface area contributed by atoms with Crippen LogP contribution in [0.3, 0.4) is 0 Å². The molecule has 0 fully saturated rings. The molecule has 2 rings (SSSR count). The highest BCUT2D eigenvalue weighted by Crippen LogP contribution is 2.26. The van der Waals surface area contributed by atoms with E-state index >= 15 is 0 Å². The van der Waals surface area contributed by atoms with E-state index in [1.54, 1.807) is 12.3 Å². The van der Waals surface area contributed by atoms with Crippen molar-refractivity contribution >= 4 is 11.3 Å². The van der Waals surface area contributed by atoms with Crippen LogP contribution in [0.5, 0.6) is 0 Å². The predicted molar refractivity (Wildman–Crippen MR) is 57.3 cm³/mol. The van der Waals surface area contributed by atoms with Crippen LogP contribution in [0.2, 0.25) is 0 Å². The van der Waals surface area contributed by atoms with Gasteiger partial charge in [-0.1, -0.05) is 6.07 Å². The summed E-state index contributed by atoms with van der Waals surface area (Å²) >= 11 is 1.24. The van der Waals surface area contributed by atoms with E-state index in [4.69, 9.17) is 0 Å². The zero-order chi connectivity index (χ0) is 11.7. The molecule has 0 amide bonds. The van der Waals surface area contributed by atoms with Crippen LogP contribution >= 0.6 is 11.3 Å². The summed E-state index contributed by atoms with van der Waals surface area (Å²) in [6, 6.07) is 3.09. The highest BCUT2D eigenvalue weighted by Gasteiger charge is 2.18. The lowest BCUT2D eigenvalue weighted by molar-refractivity contribution is 0.214. The molecule has 1 heterocycles. The van der Waals surface area contributed by atoms with Crippen molar-refractivity contribution in [2.75, 3.05) is 0 Å². The van der Waals surface area contributed by atoms with Crippen molar-refractivity contribution in [1.29, 1.82) is 0 Å². The Kier molecular flexibility index (Phi) is 2.98. The van der Waals surface area contributed by atoms with Gasteiger partial charge in [0.15, 0.2) is 0 Å². The van der Waals surface area contributed by atoms with E-state index in [1.807, 2.05) is 0 Å². The molecule has 1 aromatic carbocycles. The molecule has 0 saturated carbocycles. The first kappa shape index (κ1) is 11.2. The lowest BCUT2D eigenvalue weighted by Gasteiger charge is -2.08. The van der Waals surface area contributed by atoms with Gasteiger partial charge in [-0.25, -0.2) is 13.8 Å². The Balaban J connectivity index is 2.37. The van der Waals surface area contributed by atoms with Crippen LogP contribution in [0.1, 0.15) is 22.4 Å². The first-order valence-electron chi connectivity index (χ1n) is 4.63. The molecule has 84 valence electrons. The number of hydrogen-bond acceptors (Lipinski definition) is 3. The minimum Gasteiger partial charge on any atom is -0.381 e. The maximum Gasteiger partial charge on any atom is 0.133 e. The topological polar surface area (TPSA) is 33.1 Å². The Labute approximate surface area is 95.2 Å². The maximum atomic E-state index is 13.4. The van der Waals surface area contributed by atoms with Gasteiger partial charge < -0.3 is 5.11 Å². The first-order chi connectivity index (χ1) is 7.58. The largest absolute Gasteiger partial charge is 0.381 e. The molecule has 1 atom stereocenters. The highest BCUT2D eigenvalue weighted by atomic mass is 32.1. The fraction of sp³-hybridized carbons (Fsp3) is 0.182. The normalized spacial score (nSPS) is 12.8. The first-order valence-corrected chi connectivity index (χ1v) is 5.51. The minimum absolute atomic E-state index is 0.0377. The monoisotopic (exact) mass is 241 g/mol. The van der Waals surface area contributed by atoms with Gasteiger partial charge in [-0.3, -0.25) is 0 Å². The summed E-state index contributed by atoms with van der Waals surface area (Å²) in [7, 11) is 0. The molecule has 0 aliphatic carbocycles. The molecule has 0 radical (unpaired) electrons. The van der Waals surface area contributed by atoms with Crippen LogP contribution < -0.4 is 0 Å². The summed E-state index contributed by atoms with van der Waals surface area (Å²) in [6.07, 6.45) is -1.14. The number of halogens is 2. The van der Waals surface area contributed by atoms with Crippen LogP contribution in [0.4, 0.5) is 8.78 Å². The number of aryl methyl sites for hydroxylation is 1. The average molecular weight is 241 g/mol. The van der Waals surface area contributed by atoms with Gasteiger partial charge in [0, 0.05) is 22.7 Å². The van der Waals surface area contributed by atoms with E-state index < -0.39 is 17.7 Å². The summed E-state index contributed by atoms with van der Waals surface area (Å²) < 4.78 is 26.1. The number of aliphatic hydroxyl groups is 1. The Bertz CT molecular complexity index is 512. The van der Waals surface area contributed by atoms with Gasteiger partial charge in [0.25, 0.3) is 0 Å². The number of benzene rings is 1. The smallest absolute Gasteiger partial charge is 0.133 e. The molecular weight excluding hydrogens is 232 g/mol. The number of aliphatic hydroxyl groups excluding tert-OH is 1. The van der Waals surface area contributed by atoms with Crippen molar-refractivity contribution in [3.8, 4) is 0 Å². The zero-order valence-corrected chi connectivity index (χ0v) is 9.26.